The molecule has 1 N–H and O–H groups in total. The lowest BCUT2D eigenvalue weighted by Crippen LogP contribution is -2.13. The van der Waals surface area contributed by atoms with Gasteiger partial charge in [-0.2, -0.15) is 0 Å². The number of benzene rings is 2. The molecule has 0 radical (unpaired) electrons. The smallest absolute Gasteiger partial charge is 0.255 e. The van der Waals surface area contributed by atoms with Crippen LogP contribution in [0.1, 0.15) is 5.56 Å². The minimum atomic E-state index is -3.90. The Morgan fingerprint density at radius 3 is 2.36 bits per heavy atom. The quantitative estimate of drug-likeness (QED) is 0.723. The van der Waals surface area contributed by atoms with Crippen molar-refractivity contribution in [3.63, 3.8) is 0 Å². The summed E-state index contributed by atoms with van der Waals surface area (Å²) in [5, 5.41) is 0.412. The third-order valence-corrected chi connectivity index (χ3v) is 6.39. The third kappa shape index (κ3) is 2.79. The molecule has 0 aliphatic heterocycles. The predicted molar refractivity (Wildman–Crippen MR) is 91.6 cm³/mol. The molecule has 0 aliphatic carbocycles. The Bertz CT molecular complexity index is 948. The monoisotopic (exact) mass is 372 g/mol. The van der Waals surface area contributed by atoms with Gasteiger partial charge in [-0.15, -0.1) is 0 Å². The molecule has 3 rings (SSSR count). The number of fused-ring (bicyclic) bond motifs is 1. The second kappa shape index (κ2) is 5.70. The van der Waals surface area contributed by atoms with E-state index in [1.807, 2.05) is 25.1 Å². The Morgan fingerprint density at radius 2 is 1.73 bits per heavy atom. The number of thiazole rings is 1. The highest BCUT2D eigenvalue weighted by atomic mass is 35.5. The van der Waals surface area contributed by atoms with Crippen LogP contribution in [-0.2, 0) is 10.0 Å². The Hall–Kier alpha value is -1.34. The first-order valence-electron chi connectivity index (χ1n) is 6.21. The van der Waals surface area contributed by atoms with Crippen LogP contribution in [0.3, 0.4) is 0 Å². The number of nitrogens with zero attached hydrogens (tertiary/aromatic N) is 1. The van der Waals surface area contributed by atoms with E-state index in [0.717, 1.165) is 15.8 Å². The number of rotatable bonds is 3. The van der Waals surface area contributed by atoms with Crippen molar-refractivity contribution in [2.24, 2.45) is 0 Å². The molecule has 2 aromatic carbocycles. The highest BCUT2D eigenvalue weighted by molar-refractivity contribution is 7.93. The van der Waals surface area contributed by atoms with E-state index in [4.69, 9.17) is 23.2 Å². The van der Waals surface area contributed by atoms with E-state index in [2.05, 4.69) is 9.71 Å². The summed E-state index contributed by atoms with van der Waals surface area (Å²) in [6.07, 6.45) is 0. The molecule has 1 heterocycles. The summed E-state index contributed by atoms with van der Waals surface area (Å²) < 4.78 is 28.3. The van der Waals surface area contributed by atoms with Gasteiger partial charge in [0.1, 0.15) is 4.90 Å². The normalized spacial score (nSPS) is 11.8. The summed E-state index contributed by atoms with van der Waals surface area (Å²) >= 11 is 13.2. The fraction of sp³-hybridized carbons (Fsp3) is 0.0714. The first kappa shape index (κ1) is 15.6. The van der Waals surface area contributed by atoms with Gasteiger partial charge >= 0.3 is 0 Å². The second-order valence-corrected chi connectivity index (χ2v) is 8.06. The molecule has 3 aromatic rings. The molecule has 22 heavy (non-hydrogen) atoms. The molecule has 1 aromatic heterocycles. The van der Waals surface area contributed by atoms with E-state index in [0.29, 0.717) is 0 Å². The number of nitrogens with one attached hydrogen (secondary N) is 1. The van der Waals surface area contributed by atoms with Crippen LogP contribution >= 0.6 is 34.5 Å². The van der Waals surface area contributed by atoms with Gasteiger partial charge < -0.3 is 0 Å². The lowest BCUT2D eigenvalue weighted by atomic mass is 10.2. The maximum Gasteiger partial charge on any atom is 0.266 e. The number of para-hydroxylation sites is 1. The van der Waals surface area contributed by atoms with E-state index < -0.39 is 10.0 Å². The fourth-order valence-electron chi connectivity index (χ4n) is 2.04. The number of hydrogen-bond acceptors (Lipinski definition) is 4. The number of aryl methyl sites for hydroxylation is 1. The van der Waals surface area contributed by atoms with Crippen LogP contribution in [0.5, 0.6) is 0 Å². The van der Waals surface area contributed by atoms with Crippen molar-refractivity contribution in [1.82, 2.24) is 4.98 Å². The molecule has 0 unspecified atom stereocenters. The van der Waals surface area contributed by atoms with Crippen LogP contribution in [0, 0.1) is 6.92 Å². The molecule has 0 amide bonds. The molecule has 114 valence electrons. The summed E-state index contributed by atoms with van der Waals surface area (Å²) in [6.45, 7) is 1.92. The van der Waals surface area contributed by atoms with E-state index in [1.165, 1.54) is 23.5 Å². The van der Waals surface area contributed by atoms with Crippen molar-refractivity contribution in [2.45, 2.75) is 11.8 Å². The zero-order chi connectivity index (χ0) is 15.9. The van der Waals surface area contributed by atoms with Crippen LogP contribution in [0.25, 0.3) is 10.2 Å². The summed E-state index contributed by atoms with van der Waals surface area (Å²) in [4.78, 5) is 4.18. The second-order valence-electron chi connectivity index (χ2n) is 4.60. The first-order chi connectivity index (χ1) is 10.4. The van der Waals surface area contributed by atoms with E-state index in [9.17, 15) is 8.42 Å². The molecule has 0 bridgehead atoms. The molecular weight excluding hydrogens is 363 g/mol. The molecule has 0 saturated heterocycles. The summed E-state index contributed by atoms with van der Waals surface area (Å²) in [7, 11) is -3.90. The number of aromatic nitrogens is 1. The maximum absolute atomic E-state index is 12.5. The highest BCUT2D eigenvalue weighted by Gasteiger charge is 2.23. The van der Waals surface area contributed by atoms with Crippen molar-refractivity contribution in [2.75, 3.05) is 4.72 Å². The summed E-state index contributed by atoms with van der Waals surface area (Å²) in [5.74, 6) is 0. The number of anilines is 1. The van der Waals surface area contributed by atoms with Gasteiger partial charge in [0.05, 0.1) is 20.3 Å². The van der Waals surface area contributed by atoms with Gasteiger partial charge in [0.2, 0.25) is 0 Å². The summed E-state index contributed by atoms with van der Waals surface area (Å²) in [5.41, 5.74) is 1.76. The van der Waals surface area contributed by atoms with Gasteiger partial charge in [-0.1, -0.05) is 52.7 Å². The zero-order valence-corrected chi connectivity index (χ0v) is 14.4. The SMILES string of the molecule is Cc1cccc2sc(NS(=O)(=O)c3c(Cl)cccc3Cl)nc12. The lowest BCUT2D eigenvalue weighted by Gasteiger charge is -2.08. The van der Waals surface area contributed by atoms with Gasteiger partial charge in [0.25, 0.3) is 10.0 Å². The van der Waals surface area contributed by atoms with E-state index >= 15 is 0 Å². The average Bonchev–Trinajstić information content (AvgIpc) is 2.81. The van der Waals surface area contributed by atoms with Crippen molar-refractivity contribution < 1.29 is 8.42 Å². The molecule has 0 spiro atoms. The molecule has 0 atom stereocenters. The van der Waals surface area contributed by atoms with E-state index in [-0.39, 0.29) is 20.1 Å². The Kier molecular flexibility index (Phi) is 4.03. The lowest BCUT2D eigenvalue weighted by molar-refractivity contribution is 0.601. The minimum absolute atomic E-state index is 0.0669. The Morgan fingerprint density at radius 1 is 1.09 bits per heavy atom. The minimum Gasteiger partial charge on any atom is -0.255 e. The zero-order valence-electron chi connectivity index (χ0n) is 11.3. The average molecular weight is 373 g/mol. The van der Waals surface area contributed by atoms with Crippen LogP contribution in [0.2, 0.25) is 10.0 Å². The van der Waals surface area contributed by atoms with Crippen molar-refractivity contribution >= 4 is 59.9 Å². The number of halogens is 2. The third-order valence-electron chi connectivity index (χ3n) is 3.03. The van der Waals surface area contributed by atoms with Gasteiger partial charge in [-0.25, -0.2) is 13.4 Å². The Balaban J connectivity index is 2.05. The summed E-state index contributed by atoms with van der Waals surface area (Å²) in [6, 6.07) is 10.3. The van der Waals surface area contributed by atoms with Crippen LogP contribution in [0.15, 0.2) is 41.3 Å². The van der Waals surface area contributed by atoms with Crippen molar-refractivity contribution in [3.05, 3.63) is 52.0 Å². The van der Waals surface area contributed by atoms with Crippen LogP contribution in [-0.4, -0.2) is 13.4 Å². The van der Waals surface area contributed by atoms with Crippen molar-refractivity contribution in [3.8, 4) is 0 Å². The van der Waals surface area contributed by atoms with Crippen molar-refractivity contribution in [1.29, 1.82) is 0 Å². The number of sulfonamides is 1. The largest absolute Gasteiger partial charge is 0.266 e. The highest BCUT2D eigenvalue weighted by Crippen LogP contribution is 2.33. The van der Waals surface area contributed by atoms with Gasteiger partial charge in [-0.3, -0.25) is 4.72 Å². The number of hydrogen-bond donors (Lipinski definition) is 1. The topological polar surface area (TPSA) is 59.1 Å². The molecular formula is C14H10Cl2N2O2S2. The van der Waals surface area contributed by atoms with Gasteiger partial charge in [-0.05, 0) is 30.7 Å². The van der Waals surface area contributed by atoms with Gasteiger partial charge in [0, 0.05) is 0 Å². The Labute approximate surface area is 141 Å². The standard InChI is InChI=1S/C14H10Cl2N2O2S2/c1-8-4-2-7-11-12(8)17-14(21-11)18-22(19,20)13-9(15)5-3-6-10(13)16/h2-7H,1H3,(H,17,18). The van der Waals surface area contributed by atoms with E-state index in [1.54, 1.807) is 6.07 Å². The fourth-order valence-corrected chi connectivity index (χ4v) is 5.36. The molecule has 0 aliphatic rings. The first-order valence-corrected chi connectivity index (χ1v) is 9.27. The van der Waals surface area contributed by atoms with Crippen LogP contribution < -0.4 is 4.72 Å². The predicted octanol–water partition coefficient (Wildman–Crippen LogP) is 4.71. The molecule has 0 fully saturated rings. The maximum atomic E-state index is 12.5. The molecule has 8 heteroatoms. The van der Waals surface area contributed by atoms with Crippen LogP contribution in [0.4, 0.5) is 5.13 Å². The van der Waals surface area contributed by atoms with Gasteiger partial charge in [0.15, 0.2) is 5.13 Å². The molecule has 0 saturated carbocycles. The molecule has 4 nitrogen and oxygen atoms in total.